The van der Waals surface area contributed by atoms with Crippen molar-refractivity contribution in [3.63, 3.8) is 0 Å². The topological polar surface area (TPSA) is 33.5 Å². The maximum atomic E-state index is 13.1. The molecule has 1 atom stereocenters. The van der Waals surface area contributed by atoms with Crippen molar-refractivity contribution < 1.29 is 14.1 Å². The van der Waals surface area contributed by atoms with Crippen molar-refractivity contribution in [1.29, 1.82) is 0 Å². The zero-order valence-corrected chi connectivity index (χ0v) is 12.4. The third-order valence-electron chi connectivity index (χ3n) is 4.12. The first kappa shape index (κ1) is 14.7. The number of carbonyl (C=O) groups is 1. The molecule has 0 aromatic heterocycles. The molecular formula is C18H20FN2O+. The van der Waals surface area contributed by atoms with E-state index in [2.05, 4.69) is 29.6 Å². The van der Waals surface area contributed by atoms with Crippen molar-refractivity contribution in [2.75, 3.05) is 18.4 Å². The first-order valence-corrected chi connectivity index (χ1v) is 7.66. The Balaban J connectivity index is 1.50. The van der Waals surface area contributed by atoms with E-state index >= 15 is 0 Å². The number of hydrogen-bond acceptors (Lipinski definition) is 1. The van der Waals surface area contributed by atoms with Crippen molar-refractivity contribution in [2.45, 2.75) is 19.4 Å². The van der Waals surface area contributed by atoms with Gasteiger partial charge in [0.2, 0.25) is 5.91 Å². The summed E-state index contributed by atoms with van der Waals surface area (Å²) in [5.74, 6) is -0.395. The monoisotopic (exact) mass is 299 g/mol. The van der Waals surface area contributed by atoms with Gasteiger partial charge in [0.25, 0.3) is 0 Å². The number of benzene rings is 2. The average Bonchev–Trinajstić information content (AvgIpc) is 2.53. The number of hydrogen-bond donors (Lipinski definition) is 2. The van der Waals surface area contributed by atoms with E-state index in [9.17, 15) is 9.18 Å². The highest BCUT2D eigenvalue weighted by Crippen LogP contribution is 2.11. The van der Waals surface area contributed by atoms with E-state index in [1.165, 1.54) is 28.2 Å². The van der Waals surface area contributed by atoms with Gasteiger partial charge in [0.15, 0.2) is 0 Å². The van der Waals surface area contributed by atoms with Crippen LogP contribution in [0, 0.1) is 5.82 Å². The Kier molecular flexibility index (Phi) is 4.49. The average molecular weight is 299 g/mol. The van der Waals surface area contributed by atoms with Crippen LogP contribution in [0.1, 0.15) is 17.5 Å². The molecule has 1 aliphatic heterocycles. The van der Waals surface area contributed by atoms with Crippen LogP contribution in [0.2, 0.25) is 0 Å². The van der Waals surface area contributed by atoms with E-state index in [4.69, 9.17) is 0 Å². The Morgan fingerprint density at radius 2 is 1.95 bits per heavy atom. The molecule has 1 unspecified atom stereocenters. The summed E-state index contributed by atoms with van der Waals surface area (Å²) >= 11 is 0. The van der Waals surface area contributed by atoms with Gasteiger partial charge in [0, 0.05) is 17.7 Å². The normalized spacial score (nSPS) is 16.9. The van der Waals surface area contributed by atoms with Crippen LogP contribution in [0.4, 0.5) is 10.1 Å². The highest BCUT2D eigenvalue weighted by atomic mass is 19.1. The van der Waals surface area contributed by atoms with Gasteiger partial charge in [-0.05, 0) is 23.8 Å². The molecule has 4 heteroatoms. The molecule has 3 nitrogen and oxygen atoms in total. The molecule has 114 valence electrons. The summed E-state index contributed by atoms with van der Waals surface area (Å²) < 4.78 is 13.1. The van der Waals surface area contributed by atoms with E-state index < -0.39 is 0 Å². The standard InChI is InChI=1S/C18H19FN2O/c19-16-6-3-7-17(12-16)20-18(22)9-11-21-10-8-14-4-1-2-5-15(14)13-21/h1-7,12H,8-11,13H2,(H,20,22)/p+1. The predicted molar refractivity (Wildman–Crippen MR) is 84.2 cm³/mol. The lowest BCUT2D eigenvalue weighted by molar-refractivity contribution is -0.915. The molecule has 1 heterocycles. The van der Waals surface area contributed by atoms with Crippen LogP contribution in [-0.2, 0) is 17.8 Å². The minimum atomic E-state index is -0.337. The summed E-state index contributed by atoms with van der Waals surface area (Å²) in [5.41, 5.74) is 3.33. The number of quaternary nitrogens is 1. The molecule has 0 bridgehead atoms. The maximum absolute atomic E-state index is 13.1. The molecule has 0 saturated carbocycles. The van der Waals surface area contributed by atoms with Crippen LogP contribution >= 0.6 is 0 Å². The second-order valence-corrected chi connectivity index (χ2v) is 5.75. The lowest BCUT2D eigenvalue weighted by atomic mass is 10.00. The van der Waals surface area contributed by atoms with Gasteiger partial charge in [0.1, 0.15) is 12.4 Å². The predicted octanol–water partition coefficient (Wildman–Crippen LogP) is 1.80. The summed E-state index contributed by atoms with van der Waals surface area (Å²) in [6, 6.07) is 14.5. The lowest BCUT2D eigenvalue weighted by Crippen LogP contribution is -3.11. The van der Waals surface area contributed by atoms with Crippen molar-refractivity contribution in [3.05, 3.63) is 65.5 Å². The highest BCUT2D eigenvalue weighted by Gasteiger charge is 2.19. The number of nitrogens with one attached hydrogen (secondary N) is 2. The number of amides is 1. The second kappa shape index (κ2) is 6.71. The molecular weight excluding hydrogens is 279 g/mol. The summed E-state index contributed by atoms with van der Waals surface area (Å²) in [5, 5.41) is 2.75. The molecule has 22 heavy (non-hydrogen) atoms. The molecule has 0 radical (unpaired) electrons. The zero-order valence-electron chi connectivity index (χ0n) is 12.4. The van der Waals surface area contributed by atoms with E-state index in [0.29, 0.717) is 12.1 Å². The molecule has 2 aromatic carbocycles. The van der Waals surface area contributed by atoms with Gasteiger partial charge in [0.05, 0.1) is 19.5 Å². The van der Waals surface area contributed by atoms with Crippen LogP contribution in [-0.4, -0.2) is 19.0 Å². The van der Waals surface area contributed by atoms with Crippen LogP contribution < -0.4 is 10.2 Å². The minimum Gasteiger partial charge on any atom is -0.330 e. The molecule has 1 amide bonds. The highest BCUT2D eigenvalue weighted by molar-refractivity contribution is 5.90. The Labute approximate surface area is 129 Å². The Hall–Kier alpha value is -2.20. The van der Waals surface area contributed by atoms with E-state index in [1.54, 1.807) is 12.1 Å². The number of fused-ring (bicyclic) bond motifs is 1. The van der Waals surface area contributed by atoms with Gasteiger partial charge in [-0.2, -0.15) is 0 Å². The van der Waals surface area contributed by atoms with Crippen molar-refractivity contribution in [2.24, 2.45) is 0 Å². The Morgan fingerprint density at radius 1 is 1.14 bits per heavy atom. The van der Waals surface area contributed by atoms with Gasteiger partial charge in [-0.25, -0.2) is 4.39 Å². The van der Waals surface area contributed by atoms with Gasteiger partial charge < -0.3 is 10.2 Å². The maximum Gasteiger partial charge on any atom is 0.230 e. The van der Waals surface area contributed by atoms with Gasteiger partial charge >= 0.3 is 0 Å². The molecule has 2 aromatic rings. The zero-order chi connectivity index (χ0) is 15.4. The van der Waals surface area contributed by atoms with Crippen LogP contribution in [0.15, 0.2) is 48.5 Å². The second-order valence-electron chi connectivity index (χ2n) is 5.75. The fraction of sp³-hybridized carbons (Fsp3) is 0.278. The van der Waals surface area contributed by atoms with E-state index in [1.807, 2.05) is 0 Å². The minimum absolute atomic E-state index is 0.0584. The Bertz CT molecular complexity index is 672. The summed E-state index contributed by atoms with van der Waals surface area (Å²) in [7, 11) is 0. The molecule has 0 saturated heterocycles. The van der Waals surface area contributed by atoms with Crippen LogP contribution in [0.25, 0.3) is 0 Å². The number of rotatable bonds is 4. The summed E-state index contributed by atoms with van der Waals surface area (Å²) in [4.78, 5) is 13.4. The number of anilines is 1. The SMILES string of the molecule is O=C(CC[NH+]1CCc2ccccc2C1)Nc1cccc(F)c1. The first-order valence-electron chi connectivity index (χ1n) is 7.66. The van der Waals surface area contributed by atoms with Crippen molar-refractivity contribution in [1.82, 2.24) is 0 Å². The largest absolute Gasteiger partial charge is 0.330 e. The van der Waals surface area contributed by atoms with Crippen LogP contribution in [0.3, 0.4) is 0 Å². The van der Waals surface area contributed by atoms with E-state index in [-0.39, 0.29) is 11.7 Å². The molecule has 2 N–H and O–H groups in total. The smallest absolute Gasteiger partial charge is 0.230 e. The molecule has 0 fully saturated rings. The van der Waals surface area contributed by atoms with Gasteiger partial charge in [-0.1, -0.05) is 30.3 Å². The quantitative estimate of drug-likeness (QED) is 0.887. The summed E-state index contributed by atoms with van der Waals surface area (Å²) in [6.07, 6.45) is 1.52. The number of halogens is 1. The summed E-state index contributed by atoms with van der Waals surface area (Å²) in [6.45, 7) is 2.84. The van der Waals surface area contributed by atoms with Crippen molar-refractivity contribution in [3.8, 4) is 0 Å². The third-order valence-corrected chi connectivity index (χ3v) is 4.12. The molecule has 3 rings (SSSR count). The number of carbonyl (C=O) groups excluding carboxylic acids is 1. The molecule has 0 spiro atoms. The van der Waals surface area contributed by atoms with Gasteiger partial charge in [-0.3, -0.25) is 4.79 Å². The molecule has 0 aliphatic carbocycles. The van der Waals surface area contributed by atoms with Crippen molar-refractivity contribution >= 4 is 11.6 Å². The molecule has 1 aliphatic rings. The van der Waals surface area contributed by atoms with Crippen LogP contribution in [0.5, 0.6) is 0 Å². The fourth-order valence-corrected chi connectivity index (χ4v) is 2.94. The lowest BCUT2D eigenvalue weighted by Gasteiger charge is -2.25. The third kappa shape index (κ3) is 3.71. The van der Waals surface area contributed by atoms with E-state index in [0.717, 1.165) is 26.1 Å². The first-order chi connectivity index (χ1) is 10.7. The van der Waals surface area contributed by atoms with Gasteiger partial charge in [-0.15, -0.1) is 0 Å². The fourth-order valence-electron chi connectivity index (χ4n) is 2.94. The Morgan fingerprint density at radius 3 is 2.77 bits per heavy atom.